The molecule has 2 rings (SSSR count). The summed E-state index contributed by atoms with van der Waals surface area (Å²) in [7, 11) is 0. The molecule has 110 valence electrons. The second kappa shape index (κ2) is 7.28. The lowest BCUT2D eigenvalue weighted by molar-refractivity contribution is -0.136. The van der Waals surface area contributed by atoms with Crippen molar-refractivity contribution in [2.24, 2.45) is 0 Å². The average Bonchev–Trinajstić information content (AvgIpc) is 2.49. The molecule has 0 saturated carbocycles. The number of rotatable bonds is 7. The fourth-order valence-corrected chi connectivity index (χ4v) is 1.85. The zero-order chi connectivity index (χ0) is 15.1. The van der Waals surface area contributed by atoms with Crippen LogP contribution in [0.25, 0.3) is 0 Å². The van der Waals surface area contributed by atoms with Crippen molar-refractivity contribution in [2.45, 2.75) is 19.8 Å². The van der Waals surface area contributed by atoms with Crippen LogP contribution in [0.15, 0.2) is 42.6 Å². The van der Waals surface area contributed by atoms with E-state index in [2.05, 4.69) is 10.3 Å². The molecule has 0 aliphatic heterocycles. The number of carboxylic acid groups (broad SMARTS) is 1. The average molecular weight is 286 g/mol. The molecule has 21 heavy (non-hydrogen) atoms. The van der Waals surface area contributed by atoms with E-state index in [9.17, 15) is 4.79 Å². The Kier molecular flexibility index (Phi) is 5.15. The first kappa shape index (κ1) is 14.8. The lowest BCUT2D eigenvalue weighted by Gasteiger charge is -2.07. The van der Waals surface area contributed by atoms with Crippen LogP contribution in [0.2, 0.25) is 0 Å². The smallest absolute Gasteiger partial charge is 0.303 e. The van der Waals surface area contributed by atoms with Gasteiger partial charge in [0.25, 0.3) is 0 Å². The Morgan fingerprint density at radius 3 is 2.57 bits per heavy atom. The SMILES string of the molecule is CCNc1ccc(Oc2ccc(CCC(=O)O)cc2)nc1. The highest BCUT2D eigenvalue weighted by Crippen LogP contribution is 2.21. The number of pyridine rings is 1. The van der Waals surface area contributed by atoms with E-state index in [1.165, 1.54) is 0 Å². The Balaban J connectivity index is 1.94. The van der Waals surface area contributed by atoms with Crippen LogP contribution in [0.4, 0.5) is 5.69 Å². The summed E-state index contributed by atoms with van der Waals surface area (Å²) in [6.45, 7) is 2.87. The first-order valence-corrected chi connectivity index (χ1v) is 6.86. The van der Waals surface area contributed by atoms with Crippen LogP contribution >= 0.6 is 0 Å². The zero-order valence-corrected chi connectivity index (χ0v) is 11.9. The minimum Gasteiger partial charge on any atom is -0.481 e. The molecule has 1 aromatic carbocycles. The third-order valence-electron chi connectivity index (χ3n) is 2.89. The highest BCUT2D eigenvalue weighted by molar-refractivity contribution is 5.67. The lowest BCUT2D eigenvalue weighted by Crippen LogP contribution is -1.98. The fraction of sp³-hybridized carbons (Fsp3) is 0.250. The molecule has 0 unspecified atom stereocenters. The molecular formula is C16H18N2O3. The number of carbonyl (C=O) groups is 1. The standard InChI is InChI=1S/C16H18N2O3/c1-2-17-13-6-9-15(18-11-13)21-14-7-3-12(4-8-14)5-10-16(19)20/h3-4,6-9,11,17H,2,5,10H2,1H3,(H,19,20). The molecule has 0 fully saturated rings. The monoisotopic (exact) mass is 286 g/mol. The summed E-state index contributed by atoms with van der Waals surface area (Å²) in [4.78, 5) is 14.7. The van der Waals surface area contributed by atoms with E-state index >= 15 is 0 Å². The number of benzene rings is 1. The van der Waals surface area contributed by atoms with Gasteiger partial charge in [-0.15, -0.1) is 0 Å². The minimum absolute atomic E-state index is 0.133. The molecule has 0 saturated heterocycles. The van der Waals surface area contributed by atoms with Gasteiger partial charge in [-0.3, -0.25) is 4.79 Å². The topological polar surface area (TPSA) is 71.5 Å². The normalized spacial score (nSPS) is 10.1. The van der Waals surface area contributed by atoms with Crippen molar-refractivity contribution >= 4 is 11.7 Å². The molecule has 2 aromatic rings. The minimum atomic E-state index is -0.791. The quantitative estimate of drug-likeness (QED) is 0.817. The number of ether oxygens (including phenoxy) is 1. The molecule has 2 N–H and O–H groups in total. The summed E-state index contributed by atoms with van der Waals surface area (Å²) in [6, 6.07) is 11.1. The molecule has 0 bridgehead atoms. The second-order valence-electron chi connectivity index (χ2n) is 4.56. The third-order valence-corrected chi connectivity index (χ3v) is 2.89. The predicted octanol–water partition coefficient (Wildman–Crippen LogP) is 3.32. The van der Waals surface area contributed by atoms with Gasteiger partial charge in [0.05, 0.1) is 11.9 Å². The first-order valence-electron chi connectivity index (χ1n) is 6.86. The molecule has 1 aromatic heterocycles. The Morgan fingerprint density at radius 2 is 2.00 bits per heavy atom. The summed E-state index contributed by atoms with van der Waals surface area (Å²) >= 11 is 0. The number of hydrogen-bond acceptors (Lipinski definition) is 4. The molecule has 0 radical (unpaired) electrons. The number of anilines is 1. The van der Waals surface area contributed by atoms with Crippen molar-refractivity contribution in [1.82, 2.24) is 4.98 Å². The molecular weight excluding hydrogens is 268 g/mol. The maximum atomic E-state index is 10.5. The van der Waals surface area contributed by atoms with Crippen LogP contribution in [0.5, 0.6) is 11.6 Å². The van der Waals surface area contributed by atoms with Gasteiger partial charge in [-0.2, -0.15) is 0 Å². The highest BCUT2D eigenvalue weighted by atomic mass is 16.5. The molecule has 0 amide bonds. The molecule has 0 aliphatic carbocycles. The van der Waals surface area contributed by atoms with Gasteiger partial charge in [-0.05, 0) is 37.1 Å². The third kappa shape index (κ3) is 4.80. The molecule has 0 atom stereocenters. The van der Waals surface area contributed by atoms with Crippen LogP contribution in [0.3, 0.4) is 0 Å². The summed E-state index contributed by atoms with van der Waals surface area (Å²) in [6.07, 6.45) is 2.37. The summed E-state index contributed by atoms with van der Waals surface area (Å²) in [5, 5.41) is 11.8. The zero-order valence-electron chi connectivity index (χ0n) is 11.9. The van der Waals surface area contributed by atoms with Crippen LogP contribution in [0.1, 0.15) is 18.9 Å². The maximum absolute atomic E-state index is 10.5. The number of hydrogen-bond donors (Lipinski definition) is 2. The van der Waals surface area contributed by atoms with Gasteiger partial charge in [-0.25, -0.2) is 4.98 Å². The number of aliphatic carboxylic acids is 1. The molecule has 5 nitrogen and oxygen atoms in total. The van der Waals surface area contributed by atoms with Crippen LogP contribution in [-0.4, -0.2) is 22.6 Å². The Morgan fingerprint density at radius 1 is 1.24 bits per heavy atom. The van der Waals surface area contributed by atoms with E-state index in [1.54, 1.807) is 12.3 Å². The highest BCUT2D eigenvalue weighted by Gasteiger charge is 2.02. The Bertz CT molecular complexity index is 579. The largest absolute Gasteiger partial charge is 0.481 e. The Labute approximate surface area is 123 Å². The van der Waals surface area contributed by atoms with E-state index in [0.29, 0.717) is 18.1 Å². The maximum Gasteiger partial charge on any atom is 0.303 e. The van der Waals surface area contributed by atoms with Crippen LogP contribution in [0, 0.1) is 0 Å². The van der Waals surface area contributed by atoms with Crippen molar-refractivity contribution in [1.29, 1.82) is 0 Å². The summed E-state index contributed by atoms with van der Waals surface area (Å²) in [5.41, 5.74) is 1.93. The predicted molar refractivity (Wildman–Crippen MR) is 80.9 cm³/mol. The van der Waals surface area contributed by atoms with Gasteiger partial charge in [0.15, 0.2) is 0 Å². The second-order valence-corrected chi connectivity index (χ2v) is 4.56. The molecule has 0 aliphatic rings. The number of aromatic nitrogens is 1. The Hall–Kier alpha value is -2.56. The van der Waals surface area contributed by atoms with Gasteiger partial charge in [0.1, 0.15) is 5.75 Å². The summed E-state index contributed by atoms with van der Waals surface area (Å²) in [5.74, 6) is 0.410. The summed E-state index contributed by atoms with van der Waals surface area (Å²) < 4.78 is 5.64. The number of carboxylic acids is 1. The molecule has 0 spiro atoms. The van der Waals surface area contributed by atoms with Crippen LogP contribution in [-0.2, 0) is 11.2 Å². The van der Waals surface area contributed by atoms with E-state index in [-0.39, 0.29) is 6.42 Å². The molecule has 1 heterocycles. The lowest BCUT2D eigenvalue weighted by atomic mass is 10.1. The van der Waals surface area contributed by atoms with Crippen molar-refractivity contribution < 1.29 is 14.6 Å². The van der Waals surface area contributed by atoms with Crippen LogP contribution < -0.4 is 10.1 Å². The van der Waals surface area contributed by atoms with Gasteiger partial charge >= 0.3 is 5.97 Å². The number of nitrogens with one attached hydrogen (secondary N) is 1. The fourth-order valence-electron chi connectivity index (χ4n) is 1.85. The van der Waals surface area contributed by atoms with E-state index in [1.807, 2.05) is 37.3 Å². The van der Waals surface area contributed by atoms with Gasteiger partial charge in [-0.1, -0.05) is 12.1 Å². The van der Waals surface area contributed by atoms with E-state index in [0.717, 1.165) is 17.8 Å². The van der Waals surface area contributed by atoms with Crippen molar-refractivity contribution in [3.8, 4) is 11.6 Å². The first-order chi connectivity index (χ1) is 10.2. The van der Waals surface area contributed by atoms with Crippen molar-refractivity contribution in [3.05, 3.63) is 48.2 Å². The van der Waals surface area contributed by atoms with Crippen molar-refractivity contribution in [2.75, 3.05) is 11.9 Å². The molecule has 5 heteroatoms. The van der Waals surface area contributed by atoms with E-state index in [4.69, 9.17) is 9.84 Å². The van der Waals surface area contributed by atoms with Gasteiger partial charge in [0, 0.05) is 19.0 Å². The number of aryl methyl sites for hydroxylation is 1. The van der Waals surface area contributed by atoms with Gasteiger partial charge < -0.3 is 15.2 Å². The van der Waals surface area contributed by atoms with Crippen molar-refractivity contribution in [3.63, 3.8) is 0 Å². The number of nitrogens with zero attached hydrogens (tertiary/aromatic N) is 1. The van der Waals surface area contributed by atoms with E-state index < -0.39 is 5.97 Å². The van der Waals surface area contributed by atoms with Gasteiger partial charge in [0.2, 0.25) is 5.88 Å².